The van der Waals surface area contributed by atoms with Crippen LogP contribution in [0.15, 0.2) is 0 Å². The molecule has 5 nitrogen and oxygen atoms in total. The summed E-state index contributed by atoms with van der Waals surface area (Å²) in [7, 11) is 0. The molecule has 0 aromatic rings. The molecule has 1 N–H and O–H groups in total. The van der Waals surface area contributed by atoms with Gasteiger partial charge in [-0.05, 0) is 18.8 Å². The number of ether oxygens (including phenoxy) is 2. The van der Waals surface area contributed by atoms with Crippen LogP contribution >= 0.6 is 0 Å². The first-order valence-electron chi connectivity index (χ1n) is 7.12. The standard InChI is InChI=1S/C14H27NO4/c1-4-5-6-10-18-13(16)8-7-9-15-14(17)19-11-12(2)3/h12H,4-11H2,1-3H3,(H,15,17). The van der Waals surface area contributed by atoms with Gasteiger partial charge in [0.25, 0.3) is 0 Å². The number of hydrogen-bond donors (Lipinski definition) is 1. The first-order chi connectivity index (χ1) is 9.06. The minimum atomic E-state index is -0.426. The van der Waals surface area contributed by atoms with Crippen LogP contribution in [-0.4, -0.2) is 31.8 Å². The zero-order valence-corrected chi connectivity index (χ0v) is 12.4. The van der Waals surface area contributed by atoms with Crippen LogP contribution < -0.4 is 5.32 Å². The number of esters is 1. The van der Waals surface area contributed by atoms with Gasteiger partial charge in [-0.1, -0.05) is 33.6 Å². The maximum atomic E-state index is 11.3. The van der Waals surface area contributed by atoms with E-state index in [-0.39, 0.29) is 5.97 Å². The smallest absolute Gasteiger partial charge is 0.407 e. The number of nitrogens with one attached hydrogen (secondary N) is 1. The van der Waals surface area contributed by atoms with Crippen LogP contribution in [0.1, 0.15) is 52.9 Å². The average Bonchev–Trinajstić information content (AvgIpc) is 2.37. The topological polar surface area (TPSA) is 64.6 Å². The molecule has 0 heterocycles. The van der Waals surface area contributed by atoms with Gasteiger partial charge < -0.3 is 14.8 Å². The molecule has 0 aliphatic rings. The lowest BCUT2D eigenvalue weighted by Crippen LogP contribution is -2.27. The molecule has 0 atom stereocenters. The largest absolute Gasteiger partial charge is 0.466 e. The van der Waals surface area contributed by atoms with E-state index in [1.807, 2.05) is 13.8 Å². The average molecular weight is 273 g/mol. The SMILES string of the molecule is CCCCCOC(=O)CCCNC(=O)OCC(C)C. The molecule has 0 fully saturated rings. The highest BCUT2D eigenvalue weighted by atomic mass is 16.5. The third kappa shape index (κ3) is 13.0. The van der Waals surface area contributed by atoms with Crippen LogP contribution in [0.3, 0.4) is 0 Å². The lowest BCUT2D eigenvalue weighted by Gasteiger charge is -2.08. The first-order valence-corrected chi connectivity index (χ1v) is 7.12. The fourth-order valence-electron chi connectivity index (χ4n) is 1.33. The lowest BCUT2D eigenvalue weighted by atomic mass is 10.2. The van der Waals surface area contributed by atoms with Gasteiger partial charge in [0.15, 0.2) is 0 Å². The number of carbonyl (C=O) groups is 2. The van der Waals surface area contributed by atoms with Crippen molar-refractivity contribution >= 4 is 12.1 Å². The minimum Gasteiger partial charge on any atom is -0.466 e. The zero-order chi connectivity index (χ0) is 14.5. The van der Waals surface area contributed by atoms with E-state index in [4.69, 9.17) is 9.47 Å². The van der Waals surface area contributed by atoms with Crippen molar-refractivity contribution in [2.24, 2.45) is 5.92 Å². The van der Waals surface area contributed by atoms with E-state index >= 15 is 0 Å². The molecule has 19 heavy (non-hydrogen) atoms. The molecule has 0 bridgehead atoms. The Hall–Kier alpha value is -1.26. The van der Waals surface area contributed by atoms with Gasteiger partial charge in [-0.15, -0.1) is 0 Å². The molecule has 0 saturated heterocycles. The van der Waals surface area contributed by atoms with E-state index in [1.165, 1.54) is 0 Å². The molecule has 0 spiro atoms. The van der Waals surface area contributed by atoms with Crippen molar-refractivity contribution in [1.82, 2.24) is 5.32 Å². The normalized spacial score (nSPS) is 10.3. The third-order valence-electron chi connectivity index (χ3n) is 2.39. The maximum Gasteiger partial charge on any atom is 0.407 e. The Bertz CT molecular complexity index is 254. The van der Waals surface area contributed by atoms with Crippen molar-refractivity contribution in [3.05, 3.63) is 0 Å². The van der Waals surface area contributed by atoms with Crippen LogP contribution in [0.4, 0.5) is 4.79 Å². The Labute approximate surface area is 116 Å². The van der Waals surface area contributed by atoms with Gasteiger partial charge in [0, 0.05) is 13.0 Å². The highest BCUT2D eigenvalue weighted by Gasteiger charge is 2.05. The van der Waals surface area contributed by atoms with E-state index < -0.39 is 6.09 Å². The fourth-order valence-corrected chi connectivity index (χ4v) is 1.33. The molecule has 0 saturated carbocycles. The van der Waals surface area contributed by atoms with Gasteiger partial charge in [0.05, 0.1) is 13.2 Å². The molecule has 0 unspecified atom stereocenters. The molecule has 0 radical (unpaired) electrons. The number of hydrogen-bond acceptors (Lipinski definition) is 4. The van der Waals surface area contributed by atoms with E-state index in [2.05, 4.69) is 12.2 Å². The summed E-state index contributed by atoms with van der Waals surface area (Å²) in [6, 6.07) is 0. The third-order valence-corrected chi connectivity index (χ3v) is 2.39. The summed E-state index contributed by atoms with van der Waals surface area (Å²) < 4.78 is 9.98. The van der Waals surface area contributed by atoms with Crippen molar-refractivity contribution < 1.29 is 19.1 Å². The van der Waals surface area contributed by atoms with E-state index in [1.54, 1.807) is 0 Å². The van der Waals surface area contributed by atoms with Gasteiger partial charge in [-0.3, -0.25) is 4.79 Å². The van der Waals surface area contributed by atoms with E-state index in [0.29, 0.717) is 38.5 Å². The summed E-state index contributed by atoms with van der Waals surface area (Å²) in [6.07, 6.45) is 3.59. The Morgan fingerprint density at radius 3 is 2.47 bits per heavy atom. The summed E-state index contributed by atoms with van der Waals surface area (Å²) in [6.45, 7) is 7.39. The molecule has 0 aliphatic heterocycles. The first kappa shape index (κ1) is 17.7. The quantitative estimate of drug-likeness (QED) is 0.491. The van der Waals surface area contributed by atoms with Gasteiger partial charge in [-0.25, -0.2) is 4.79 Å². The predicted octanol–water partition coefficient (Wildman–Crippen LogP) is 2.88. The Morgan fingerprint density at radius 1 is 1.11 bits per heavy atom. The van der Waals surface area contributed by atoms with Crippen LogP contribution in [0, 0.1) is 5.92 Å². The molecular weight excluding hydrogens is 246 g/mol. The number of unbranched alkanes of at least 4 members (excludes halogenated alkanes) is 2. The summed E-state index contributed by atoms with van der Waals surface area (Å²) in [5, 5.41) is 2.60. The molecule has 0 aromatic carbocycles. The molecule has 5 heteroatoms. The summed E-state index contributed by atoms with van der Waals surface area (Å²) in [4.78, 5) is 22.5. The number of carbonyl (C=O) groups excluding carboxylic acids is 2. The highest BCUT2D eigenvalue weighted by molar-refractivity contribution is 5.69. The highest BCUT2D eigenvalue weighted by Crippen LogP contribution is 1.98. The van der Waals surface area contributed by atoms with Crippen molar-refractivity contribution in [2.75, 3.05) is 19.8 Å². The van der Waals surface area contributed by atoms with Gasteiger partial charge in [0.2, 0.25) is 0 Å². The van der Waals surface area contributed by atoms with Crippen molar-refractivity contribution in [3.8, 4) is 0 Å². The van der Waals surface area contributed by atoms with Crippen molar-refractivity contribution in [1.29, 1.82) is 0 Å². The summed E-state index contributed by atoms with van der Waals surface area (Å²) in [5.41, 5.74) is 0. The lowest BCUT2D eigenvalue weighted by molar-refractivity contribution is -0.143. The molecule has 1 amide bonds. The van der Waals surface area contributed by atoms with E-state index in [0.717, 1.165) is 19.3 Å². The molecule has 0 aliphatic carbocycles. The number of alkyl carbamates (subject to hydrolysis) is 1. The number of rotatable bonds is 10. The summed E-state index contributed by atoms with van der Waals surface area (Å²) in [5.74, 6) is 0.122. The second-order valence-corrected chi connectivity index (χ2v) is 4.95. The van der Waals surface area contributed by atoms with Crippen molar-refractivity contribution in [2.45, 2.75) is 52.9 Å². The van der Waals surface area contributed by atoms with Gasteiger partial charge >= 0.3 is 12.1 Å². The predicted molar refractivity (Wildman–Crippen MR) is 73.9 cm³/mol. The monoisotopic (exact) mass is 273 g/mol. The van der Waals surface area contributed by atoms with Gasteiger partial charge in [0.1, 0.15) is 0 Å². The van der Waals surface area contributed by atoms with Gasteiger partial charge in [-0.2, -0.15) is 0 Å². The van der Waals surface area contributed by atoms with Crippen LogP contribution in [0.25, 0.3) is 0 Å². The molecule has 0 rings (SSSR count). The zero-order valence-electron chi connectivity index (χ0n) is 12.4. The molecule has 0 aromatic heterocycles. The van der Waals surface area contributed by atoms with Crippen LogP contribution in [0.2, 0.25) is 0 Å². The second-order valence-electron chi connectivity index (χ2n) is 4.95. The van der Waals surface area contributed by atoms with Crippen molar-refractivity contribution in [3.63, 3.8) is 0 Å². The number of amides is 1. The minimum absolute atomic E-state index is 0.201. The van der Waals surface area contributed by atoms with Crippen LogP contribution in [0.5, 0.6) is 0 Å². The van der Waals surface area contributed by atoms with E-state index in [9.17, 15) is 9.59 Å². The fraction of sp³-hybridized carbons (Fsp3) is 0.857. The van der Waals surface area contributed by atoms with Crippen LogP contribution in [-0.2, 0) is 14.3 Å². The maximum absolute atomic E-state index is 11.3. The second kappa shape index (κ2) is 11.8. The summed E-state index contributed by atoms with van der Waals surface area (Å²) >= 11 is 0. The Kier molecular flexibility index (Phi) is 11.0. The Balaban J connectivity index is 3.37. The Morgan fingerprint density at radius 2 is 1.84 bits per heavy atom. The molecular formula is C14H27NO4. The molecule has 112 valence electrons.